The molecule has 0 radical (unpaired) electrons. The molecule has 3 nitrogen and oxygen atoms in total. The average Bonchev–Trinajstić information content (AvgIpc) is 2.32. The minimum Gasteiger partial charge on any atom is -0.356 e. The minimum absolute atomic E-state index is 0. The van der Waals surface area contributed by atoms with Crippen molar-refractivity contribution in [3.05, 3.63) is 34.3 Å². The minimum atomic E-state index is -4.16. The smallest absolute Gasteiger partial charge is 0.356 e. The van der Waals surface area contributed by atoms with Crippen LogP contribution in [-0.2, 0) is 6.54 Å². The Bertz CT molecular complexity index is 438. The summed E-state index contributed by atoms with van der Waals surface area (Å²) in [7, 11) is 1.52. The van der Waals surface area contributed by atoms with Gasteiger partial charge < -0.3 is 10.6 Å². The molecule has 1 aromatic carbocycles. The Hall–Kier alpha value is -0.510. The van der Waals surface area contributed by atoms with Crippen molar-refractivity contribution in [2.24, 2.45) is 4.99 Å². The number of nitrogens with one attached hydrogen (secondary N) is 2. The van der Waals surface area contributed by atoms with Crippen molar-refractivity contribution in [1.29, 1.82) is 0 Å². The molecule has 0 spiro atoms. The standard InChI is InChI=1S/C12H15BrF3N3.HI/c1-17-11(18-6-5-12(14,15)16)19-8-9-3-2-4-10(13)7-9;/h2-4,7H,5-6,8H2,1H3,(H2,17,18,19);1H. The Morgan fingerprint density at radius 1 is 1.30 bits per heavy atom. The van der Waals surface area contributed by atoms with Gasteiger partial charge in [0.2, 0.25) is 0 Å². The largest absolute Gasteiger partial charge is 0.390 e. The highest BCUT2D eigenvalue weighted by molar-refractivity contribution is 14.0. The second kappa shape index (κ2) is 9.43. The highest BCUT2D eigenvalue weighted by Crippen LogP contribution is 2.18. The fourth-order valence-corrected chi connectivity index (χ4v) is 1.82. The topological polar surface area (TPSA) is 36.4 Å². The molecule has 0 saturated carbocycles. The van der Waals surface area contributed by atoms with E-state index in [2.05, 4.69) is 31.6 Å². The van der Waals surface area contributed by atoms with Crippen LogP contribution < -0.4 is 10.6 Å². The van der Waals surface area contributed by atoms with E-state index in [1.54, 1.807) is 0 Å². The van der Waals surface area contributed by atoms with Gasteiger partial charge in [0.1, 0.15) is 0 Å². The molecular weight excluding hydrogens is 450 g/mol. The number of alkyl halides is 3. The van der Waals surface area contributed by atoms with Crippen molar-refractivity contribution in [2.45, 2.75) is 19.1 Å². The first-order valence-electron chi connectivity index (χ1n) is 5.66. The van der Waals surface area contributed by atoms with E-state index in [9.17, 15) is 13.2 Å². The summed E-state index contributed by atoms with van der Waals surface area (Å²) in [6.45, 7) is 0.298. The molecule has 0 bridgehead atoms. The van der Waals surface area contributed by atoms with Crippen LogP contribution in [0.1, 0.15) is 12.0 Å². The first kappa shape index (κ1) is 19.5. The number of guanidine groups is 1. The van der Waals surface area contributed by atoms with Crippen molar-refractivity contribution in [3.63, 3.8) is 0 Å². The van der Waals surface area contributed by atoms with Crippen LogP contribution in [0.5, 0.6) is 0 Å². The van der Waals surface area contributed by atoms with Crippen molar-refractivity contribution in [1.82, 2.24) is 10.6 Å². The van der Waals surface area contributed by atoms with Crippen LogP contribution in [-0.4, -0.2) is 25.7 Å². The third-order valence-corrected chi connectivity index (χ3v) is 2.77. The summed E-state index contributed by atoms with van der Waals surface area (Å²) < 4.78 is 36.9. The van der Waals surface area contributed by atoms with Gasteiger partial charge >= 0.3 is 6.18 Å². The molecule has 20 heavy (non-hydrogen) atoms. The van der Waals surface area contributed by atoms with E-state index in [-0.39, 0.29) is 30.5 Å². The highest BCUT2D eigenvalue weighted by atomic mass is 127. The van der Waals surface area contributed by atoms with Gasteiger partial charge in [0, 0.05) is 24.6 Å². The monoisotopic (exact) mass is 465 g/mol. The van der Waals surface area contributed by atoms with Crippen LogP contribution in [0.3, 0.4) is 0 Å². The van der Waals surface area contributed by atoms with E-state index >= 15 is 0 Å². The van der Waals surface area contributed by atoms with Gasteiger partial charge in [-0.1, -0.05) is 28.1 Å². The predicted octanol–water partition coefficient (Wildman–Crippen LogP) is 3.68. The lowest BCUT2D eigenvalue weighted by atomic mass is 10.2. The number of hydrogen-bond donors (Lipinski definition) is 2. The number of hydrogen-bond acceptors (Lipinski definition) is 1. The molecular formula is C12H16BrF3IN3. The van der Waals surface area contributed by atoms with Gasteiger partial charge in [-0.15, -0.1) is 24.0 Å². The Morgan fingerprint density at radius 2 is 2.00 bits per heavy atom. The van der Waals surface area contributed by atoms with Crippen LogP contribution in [0.2, 0.25) is 0 Å². The van der Waals surface area contributed by atoms with E-state index in [1.165, 1.54) is 7.05 Å². The summed E-state index contributed by atoms with van der Waals surface area (Å²) in [4.78, 5) is 3.86. The zero-order chi connectivity index (χ0) is 14.3. The lowest BCUT2D eigenvalue weighted by Gasteiger charge is -2.13. The van der Waals surface area contributed by atoms with Gasteiger partial charge in [-0.3, -0.25) is 4.99 Å². The Balaban J connectivity index is 0.00000361. The molecule has 0 amide bonds. The van der Waals surface area contributed by atoms with Crippen molar-refractivity contribution < 1.29 is 13.2 Å². The third-order valence-electron chi connectivity index (χ3n) is 2.27. The van der Waals surface area contributed by atoms with E-state index in [4.69, 9.17) is 0 Å². The molecule has 1 aromatic rings. The first-order chi connectivity index (χ1) is 8.90. The van der Waals surface area contributed by atoms with Gasteiger partial charge in [-0.2, -0.15) is 13.2 Å². The molecule has 0 saturated heterocycles. The average molecular weight is 466 g/mol. The maximum Gasteiger partial charge on any atom is 0.390 e. The van der Waals surface area contributed by atoms with Crippen LogP contribution in [0, 0.1) is 0 Å². The summed E-state index contributed by atoms with van der Waals surface area (Å²) in [6.07, 6.45) is -5.04. The number of halogens is 5. The Kier molecular flexibility index (Phi) is 9.19. The van der Waals surface area contributed by atoms with E-state index in [0.717, 1.165) is 10.0 Å². The molecule has 0 unspecified atom stereocenters. The summed E-state index contributed by atoms with van der Waals surface area (Å²) in [5, 5.41) is 5.57. The molecule has 0 aliphatic rings. The molecule has 0 atom stereocenters. The molecule has 0 heterocycles. The fraction of sp³-hybridized carbons (Fsp3) is 0.417. The normalized spacial score (nSPS) is 11.8. The molecule has 8 heteroatoms. The van der Waals surface area contributed by atoms with E-state index in [1.807, 2.05) is 24.3 Å². The number of rotatable bonds is 4. The summed E-state index contributed by atoms with van der Waals surface area (Å²) in [6, 6.07) is 7.64. The molecule has 0 fully saturated rings. The van der Waals surface area contributed by atoms with Crippen LogP contribution in [0.4, 0.5) is 13.2 Å². The van der Waals surface area contributed by atoms with Crippen molar-refractivity contribution >= 4 is 45.9 Å². The summed E-state index contributed by atoms with van der Waals surface area (Å²) in [5.41, 5.74) is 1.01. The molecule has 0 aliphatic heterocycles. The Labute approximate surface area is 141 Å². The Morgan fingerprint density at radius 3 is 2.55 bits per heavy atom. The number of nitrogens with zero attached hydrogens (tertiary/aromatic N) is 1. The number of aliphatic imine (C=N–C) groups is 1. The SMILES string of the molecule is CN=C(NCCC(F)(F)F)NCc1cccc(Br)c1.I. The molecule has 0 aromatic heterocycles. The maximum atomic E-state index is 12.0. The van der Waals surface area contributed by atoms with E-state index in [0.29, 0.717) is 12.5 Å². The van der Waals surface area contributed by atoms with Gasteiger partial charge in [0.15, 0.2) is 5.96 Å². The van der Waals surface area contributed by atoms with Crippen molar-refractivity contribution in [2.75, 3.05) is 13.6 Å². The summed E-state index contributed by atoms with van der Waals surface area (Å²) in [5.74, 6) is 0.351. The zero-order valence-corrected chi connectivity index (χ0v) is 14.7. The third kappa shape index (κ3) is 8.62. The first-order valence-corrected chi connectivity index (χ1v) is 6.46. The van der Waals surface area contributed by atoms with Crippen LogP contribution in [0.15, 0.2) is 33.7 Å². The lowest BCUT2D eigenvalue weighted by molar-refractivity contribution is -0.132. The van der Waals surface area contributed by atoms with Gasteiger partial charge in [-0.05, 0) is 17.7 Å². The second-order valence-electron chi connectivity index (χ2n) is 3.85. The number of benzene rings is 1. The summed E-state index contributed by atoms with van der Waals surface area (Å²) >= 11 is 3.35. The highest BCUT2D eigenvalue weighted by Gasteiger charge is 2.26. The fourth-order valence-electron chi connectivity index (χ4n) is 1.38. The molecule has 2 N–H and O–H groups in total. The quantitative estimate of drug-likeness (QED) is 0.404. The zero-order valence-electron chi connectivity index (χ0n) is 10.8. The molecule has 0 aliphatic carbocycles. The lowest BCUT2D eigenvalue weighted by Crippen LogP contribution is -2.38. The van der Waals surface area contributed by atoms with Gasteiger partial charge in [-0.25, -0.2) is 0 Å². The maximum absolute atomic E-state index is 12.0. The molecule has 114 valence electrons. The van der Waals surface area contributed by atoms with Gasteiger partial charge in [0.25, 0.3) is 0 Å². The predicted molar refractivity (Wildman–Crippen MR) is 88.4 cm³/mol. The van der Waals surface area contributed by atoms with Crippen LogP contribution in [0.25, 0.3) is 0 Å². The van der Waals surface area contributed by atoms with Gasteiger partial charge in [0.05, 0.1) is 6.42 Å². The van der Waals surface area contributed by atoms with E-state index < -0.39 is 12.6 Å². The second-order valence-corrected chi connectivity index (χ2v) is 4.76. The van der Waals surface area contributed by atoms with Crippen LogP contribution >= 0.6 is 39.9 Å². The van der Waals surface area contributed by atoms with Crippen molar-refractivity contribution in [3.8, 4) is 0 Å². The molecule has 1 rings (SSSR count).